The van der Waals surface area contributed by atoms with E-state index >= 15 is 4.39 Å². The van der Waals surface area contributed by atoms with Crippen molar-refractivity contribution in [3.05, 3.63) is 88.7 Å². The molecule has 2 aromatic heterocycles. The molecule has 10 nitrogen and oxygen atoms in total. The lowest BCUT2D eigenvalue weighted by atomic mass is 9.95. The maximum atomic E-state index is 15.3. The highest BCUT2D eigenvalue weighted by atomic mass is 35.5. The number of rotatable bonds is 4. The molecule has 3 amide bonds. The highest BCUT2D eigenvalue weighted by molar-refractivity contribution is 6.30. The lowest BCUT2D eigenvalue weighted by Crippen LogP contribution is -2.30. The van der Waals surface area contributed by atoms with Crippen LogP contribution in [0.3, 0.4) is 0 Å². The first-order valence-electron chi connectivity index (χ1n) is 13.8. The van der Waals surface area contributed by atoms with Crippen LogP contribution < -0.4 is 16.0 Å². The number of imidazole rings is 1. The topological polar surface area (TPSA) is 127 Å². The molecular weight excluding hydrogens is 594 g/mol. The van der Waals surface area contributed by atoms with Crippen LogP contribution in [0, 0.1) is 24.5 Å². The quantitative estimate of drug-likeness (QED) is 0.236. The summed E-state index contributed by atoms with van der Waals surface area (Å²) < 4.78 is 36.1. The smallest absolute Gasteiger partial charge is 0.411 e. The molecule has 5 rings (SSSR count). The van der Waals surface area contributed by atoms with Crippen LogP contribution in [-0.4, -0.2) is 39.6 Å². The third-order valence-corrected chi connectivity index (χ3v) is 7.82. The molecule has 44 heavy (non-hydrogen) atoms. The van der Waals surface area contributed by atoms with E-state index < -0.39 is 35.6 Å². The molecule has 2 bridgehead atoms. The van der Waals surface area contributed by atoms with Crippen molar-refractivity contribution in [2.75, 3.05) is 17.7 Å². The Hall–Kier alpha value is -4.84. The van der Waals surface area contributed by atoms with Crippen LogP contribution in [-0.2, 0) is 9.53 Å². The number of ether oxygens (including phenoxy) is 1. The lowest BCUT2D eigenvalue weighted by molar-refractivity contribution is -0.119. The highest BCUT2D eigenvalue weighted by Crippen LogP contribution is 2.35. The average molecular weight is 623 g/mol. The van der Waals surface area contributed by atoms with Gasteiger partial charge in [-0.15, -0.1) is 0 Å². The maximum Gasteiger partial charge on any atom is 0.411 e. The minimum Gasteiger partial charge on any atom is -0.453 e. The van der Waals surface area contributed by atoms with E-state index in [4.69, 9.17) is 11.6 Å². The van der Waals surface area contributed by atoms with Gasteiger partial charge in [0.05, 0.1) is 47.1 Å². The van der Waals surface area contributed by atoms with Crippen molar-refractivity contribution in [3.63, 3.8) is 0 Å². The highest BCUT2D eigenvalue weighted by Gasteiger charge is 2.26. The summed E-state index contributed by atoms with van der Waals surface area (Å²) in [7, 11) is 1.22. The molecular formula is C31H29ClF2N6O4. The van der Waals surface area contributed by atoms with Crippen molar-refractivity contribution < 1.29 is 27.9 Å². The van der Waals surface area contributed by atoms with Gasteiger partial charge in [-0.05, 0) is 50.1 Å². The number of pyridine rings is 1. The van der Waals surface area contributed by atoms with Gasteiger partial charge in [-0.3, -0.25) is 24.5 Å². The van der Waals surface area contributed by atoms with Crippen LogP contribution in [0.25, 0.3) is 16.8 Å². The van der Waals surface area contributed by atoms with E-state index in [-0.39, 0.29) is 33.6 Å². The fourth-order valence-corrected chi connectivity index (χ4v) is 5.24. The summed E-state index contributed by atoms with van der Waals surface area (Å²) in [4.78, 5) is 46.9. The van der Waals surface area contributed by atoms with Gasteiger partial charge in [-0.25, -0.2) is 18.6 Å². The minimum absolute atomic E-state index is 0.0616. The number of amides is 3. The van der Waals surface area contributed by atoms with Gasteiger partial charge in [-0.1, -0.05) is 37.1 Å². The Morgan fingerprint density at radius 1 is 1.11 bits per heavy atom. The number of nitrogens with zero attached hydrogens (tertiary/aromatic N) is 3. The summed E-state index contributed by atoms with van der Waals surface area (Å²) in [5.74, 6) is -2.52. The molecule has 2 aromatic carbocycles. The van der Waals surface area contributed by atoms with Crippen LogP contribution in [0.5, 0.6) is 0 Å². The summed E-state index contributed by atoms with van der Waals surface area (Å²) in [6.07, 6.45) is 3.13. The standard InChI is InChI=1S/C31H29ClF2N6O4/c1-16-6-4-8-23(38-30(42)28-17(2)40(15-36-28)26-9-5-7-21(32)27(26)34)25-13-20(22(33)14-35-25)19-11-10-18(37-31(43)44-3)12-24(19)39-29(16)41/h5,7,9-16,23H,4,6,8H2,1-3H3,(H,37,43)(H,38,42)(H,39,41)/t16-,23-/m0/s1. The molecule has 0 fully saturated rings. The molecule has 0 saturated heterocycles. The molecule has 4 aromatic rings. The summed E-state index contributed by atoms with van der Waals surface area (Å²) in [6.45, 7) is 3.41. The fraction of sp³-hybridized carbons (Fsp3) is 0.258. The SMILES string of the molecule is COC(=O)Nc1ccc2c(c1)NC(=O)[C@@H](C)CCC[C@H](NC(=O)c1ncn(-c3cccc(Cl)c3F)c1C)c1cc-2c(F)cn1. The summed E-state index contributed by atoms with van der Waals surface area (Å²) >= 11 is 5.95. The zero-order valence-corrected chi connectivity index (χ0v) is 24.8. The number of carbonyl (C=O) groups is 3. The number of benzene rings is 2. The second-order valence-electron chi connectivity index (χ2n) is 10.4. The van der Waals surface area contributed by atoms with Crippen LogP contribution in [0.1, 0.15) is 54.1 Å². The molecule has 0 spiro atoms. The lowest BCUT2D eigenvalue weighted by Gasteiger charge is -2.22. The number of carbonyl (C=O) groups excluding carboxylic acids is 3. The van der Waals surface area contributed by atoms with E-state index in [2.05, 4.69) is 30.7 Å². The van der Waals surface area contributed by atoms with Crippen LogP contribution in [0.4, 0.5) is 25.0 Å². The van der Waals surface area contributed by atoms with Crippen molar-refractivity contribution in [1.29, 1.82) is 0 Å². The van der Waals surface area contributed by atoms with Gasteiger partial charge in [0.15, 0.2) is 5.82 Å². The van der Waals surface area contributed by atoms with Crippen molar-refractivity contribution in [2.24, 2.45) is 5.92 Å². The van der Waals surface area contributed by atoms with Crippen molar-refractivity contribution >= 4 is 40.9 Å². The Bertz CT molecular complexity index is 1760. The van der Waals surface area contributed by atoms with Gasteiger partial charge in [0, 0.05) is 22.7 Å². The average Bonchev–Trinajstić information content (AvgIpc) is 3.38. The summed E-state index contributed by atoms with van der Waals surface area (Å²) in [6, 6.07) is 10.0. The number of nitrogens with one attached hydrogen (secondary N) is 3. The number of fused-ring (bicyclic) bond motifs is 4. The number of aromatic nitrogens is 3. The Balaban J connectivity index is 1.51. The molecule has 3 heterocycles. The van der Waals surface area contributed by atoms with Crippen molar-refractivity contribution in [3.8, 4) is 16.8 Å². The Labute approximate surface area is 256 Å². The normalized spacial score (nSPS) is 16.5. The van der Waals surface area contributed by atoms with Gasteiger partial charge < -0.3 is 15.4 Å². The zero-order valence-electron chi connectivity index (χ0n) is 24.1. The van der Waals surface area contributed by atoms with Crippen LogP contribution in [0.2, 0.25) is 5.02 Å². The Kier molecular flexibility index (Phi) is 8.91. The Morgan fingerprint density at radius 3 is 2.68 bits per heavy atom. The number of hydrogen-bond acceptors (Lipinski definition) is 6. The molecule has 0 saturated carbocycles. The molecule has 228 valence electrons. The molecule has 0 unspecified atom stereocenters. The first-order chi connectivity index (χ1) is 21.1. The first kappa shape index (κ1) is 30.6. The van der Waals surface area contributed by atoms with Crippen molar-refractivity contribution in [1.82, 2.24) is 19.9 Å². The van der Waals surface area contributed by atoms with E-state index in [1.165, 1.54) is 42.3 Å². The van der Waals surface area contributed by atoms with Gasteiger partial charge >= 0.3 is 6.09 Å². The monoisotopic (exact) mass is 622 g/mol. The van der Waals surface area contributed by atoms with Crippen molar-refractivity contribution in [2.45, 2.75) is 39.2 Å². The van der Waals surface area contributed by atoms with Gasteiger partial charge in [0.1, 0.15) is 17.8 Å². The first-order valence-corrected chi connectivity index (χ1v) is 14.2. The maximum absolute atomic E-state index is 15.3. The largest absolute Gasteiger partial charge is 0.453 e. The summed E-state index contributed by atoms with van der Waals surface area (Å²) in [5, 5.41) is 8.29. The molecule has 3 N–H and O–H groups in total. The van der Waals surface area contributed by atoms with E-state index in [1.807, 2.05) is 0 Å². The molecule has 1 aliphatic heterocycles. The van der Waals surface area contributed by atoms with Gasteiger partial charge in [0.25, 0.3) is 5.91 Å². The fourth-order valence-electron chi connectivity index (χ4n) is 5.07. The Morgan fingerprint density at radius 2 is 1.91 bits per heavy atom. The van der Waals surface area contributed by atoms with Gasteiger partial charge in [0.2, 0.25) is 5.91 Å². The zero-order chi connectivity index (χ0) is 31.5. The summed E-state index contributed by atoms with van der Waals surface area (Å²) in [5.41, 5.74) is 2.11. The van der Waals surface area contributed by atoms with E-state index in [0.717, 1.165) is 6.20 Å². The van der Waals surface area contributed by atoms with E-state index in [0.29, 0.717) is 41.9 Å². The second-order valence-corrected chi connectivity index (χ2v) is 10.8. The van der Waals surface area contributed by atoms with E-state index in [1.54, 1.807) is 32.0 Å². The number of methoxy groups -OCH3 is 1. The molecule has 2 atom stereocenters. The third-order valence-electron chi connectivity index (χ3n) is 7.53. The molecule has 0 aliphatic carbocycles. The predicted octanol–water partition coefficient (Wildman–Crippen LogP) is 6.58. The van der Waals surface area contributed by atoms with Crippen LogP contribution >= 0.6 is 11.6 Å². The predicted molar refractivity (Wildman–Crippen MR) is 161 cm³/mol. The second kappa shape index (κ2) is 12.8. The molecule has 1 aliphatic rings. The minimum atomic E-state index is -0.702. The molecule has 0 radical (unpaired) electrons. The number of hydrogen-bond donors (Lipinski definition) is 3. The van der Waals surface area contributed by atoms with Gasteiger partial charge in [-0.2, -0.15) is 0 Å². The number of anilines is 2. The number of halogens is 3. The van der Waals surface area contributed by atoms with Crippen LogP contribution in [0.15, 0.2) is 55.0 Å². The third kappa shape index (κ3) is 6.25. The molecule has 13 heteroatoms. The van der Waals surface area contributed by atoms with E-state index in [9.17, 15) is 18.8 Å².